The van der Waals surface area contributed by atoms with E-state index in [2.05, 4.69) is 15.9 Å². The van der Waals surface area contributed by atoms with Crippen LogP contribution in [0.15, 0.2) is 18.2 Å². The molecule has 6 heteroatoms. The molecule has 0 saturated carbocycles. The Morgan fingerprint density at radius 1 is 1.44 bits per heavy atom. The summed E-state index contributed by atoms with van der Waals surface area (Å²) in [4.78, 5) is 22.4. The van der Waals surface area contributed by atoms with Gasteiger partial charge in [-0.25, -0.2) is 4.79 Å². The smallest absolute Gasteiger partial charge is 0.337 e. The van der Waals surface area contributed by atoms with Crippen molar-refractivity contribution in [3.63, 3.8) is 0 Å². The first-order chi connectivity index (χ1) is 8.51. The number of nitrogens with zero attached hydrogens (tertiary/aromatic N) is 1. The maximum Gasteiger partial charge on any atom is 0.337 e. The van der Waals surface area contributed by atoms with Gasteiger partial charge in [0.25, 0.3) is 0 Å². The number of Topliss-reactive ketones (excluding diaryl/α,β-unsaturated/α-hetero) is 1. The Hall–Kier alpha value is -1.71. The first-order valence-electron chi connectivity index (χ1n) is 5.05. The molecule has 0 fully saturated rings. The summed E-state index contributed by atoms with van der Waals surface area (Å²) in [6, 6.07) is 5.82. The molecule has 0 heterocycles. The number of alkyl halides is 1. The van der Waals surface area contributed by atoms with Gasteiger partial charge in [-0.1, -0.05) is 22.0 Å². The number of carboxylic acids is 1. The molecule has 1 aromatic rings. The fraction of sp³-hybridized carbons (Fsp3) is 0.250. The van der Waals surface area contributed by atoms with Gasteiger partial charge in [-0.3, -0.25) is 4.79 Å². The maximum absolute atomic E-state index is 11.6. The second-order valence-electron chi connectivity index (χ2n) is 3.52. The van der Waals surface area contributed by atoms with Crippen LogP contribution in [0.5, 0.6) is 0 Å². The summed E-state index contributed by atoms with van der Waals surface area (Å²) in [5, 5.41) is 27.5. The van der Waals surface area contributed by atoms with Crippen molar-refractivity contribution in [3.8, 4) is 6.07 Å². The molecule has 1 aromatic carbocycles. The third-order valence-electron chi connectivity index (χ3n) is 2.34. The molecule has 5 nitrogen and oxygen atoms in total. The Bertz CT molecular complexity index is 521. The Morgan fingerprint density at radius 3 is 2.61 bits per heavy atom. The van der Waals surface area contributed by atoms with Crippen molar-refractivity contribution in [3.05, 3.63) is 34.9 Å². The van der Waals surface area contributed by atoms with E-state index in [1.165, 1.54) is 18.2 Å². The van der Waals surface area contributed by atoms with Crippen LogP contribution in [-0.2, 0) is 4.79 Å². The van der Waals surface area contributed by atoms with Crippen LogP contribution in [0.3, 0.4) is 0 Å². The van der Waals surface area contributed by atoms with Crippen molar-refractivity contribution >= 4 is 27.7 Å². The third kappa shape index (κ3) is 3.15. The van der Waals surface area contributed by atoms with E-state index in [1.54, 1.807) is 6.07 Å². The number of ketones is 1. The normalized spacial score (nSPS) is 11.6. The van der Waals surface area contributed by atoms with Crippen molar-refractivity contribution < 1.29 is 19.8 Å². The largest absolute Gasteiger partial charge is 0.479 e. The number of nitriles is 1. The van der Waals surface area contributed by atoms with E-state index < -0.39 is 12.1 Å². The first kappa shape index (κ1) is 14.4. The number of aliphatic hydroxyl groups excluding tert-OH is 1. The van der Waals surface area contributed by atoms with Crippen LogP contribution in [0.2, 0.25) is 0 Å². The summed E-state index contributed by atoms with van der Waals surface area (Å²) in [5.74, 6) is -1.65. The Morgan fingerprint density at radius 2 is 2.11 bits per heavy atom. The summed E-state index contributed by atoms with van der Waals surface area (Å²) in [6.07, 6.45) is -1.55. The highest BCUT2D eigenvalue weighted by atomic mass is 79.9. The molecule has 0 aliphatic carbocycles. The van der Waals surface area contributed by atoms with Gasteiger partial charge in [0.15, 0.2) is 11.9 Å². The molecule has 1 rings (SSSR count). The molecule has 2 N–H and O–H groups in total. The molecule has 94 valence electrons. The van der Waals surface area contributed by atoms with Crippen molar-refractivity contribution in [1.82, 2.24) is 0 Å². The number of halogens is 1. The summed E-state index contributed by atoms with van der Waals surface area (Å²) in [7, 11) is 0. The van der Waals surface area contributed by atoms with Gasteiger partial charge in [0.2, 0.25) is 0 Å². The lowest BCUT2D eigenvalue weighted by Gasteiger charge is -2.09. The number of benzene rings is 1. The standard InChI is InChI=1S/C12H10BrNO4/c13-4-3-10(15)7-1-2-8(6-14)9(5-7)11(16)12(17)18/h1-2,5,11,16H,3-4H2,(H,17,18). The fourth-order valence-corrected chi connectivity index (χ4v) is 1.79. The van der Waals surface area contributed by atoms with Crippen LogP contribution < -0.4 is 0 Å². The second-order valence-corrected chi connectivity index (χ2v) is 4.31. The number of carbonyl (C=O) groups excluding carboxylic acids is 1. The zero-order valence-electron chi connectivity index (χ0n) is 9.26. The van der Waals surface area contributed by atoms with Gasteiger partial charge in [0, 0.05) is 22.9 Å². The summed E-state index contributed by atoms with van der Waals surface area (Å²) >= 11 is 3.13. The molecule has 0 aliphatic rings. The Kier molecular flexibility index (Phi) is 5.01. The Balaban J connectivity index is 3.22. The van der Waals surface area contributed by atoms with Gasteiger partial charge >= 0.3 is 5.97 Å². The second kappa shape index (κ2) is 6.28. The first-order valence-corrected chi connectivity index (χ1v) is 6.17. The molecule has 1 unspecified atom stereocenters. The van der Waals surface area contributed by atoms with E-state index in [0.29, 0.717) is 5.33 Å². The van der Waals surface area contributed by atoms with Gasteiger partial charge in [-0.2, -0.15) is 5.26 Å². The maximum atomic E-state index is 11.6. The number of carboxylic acid groups (broad SMARTS) is 1. The number of rotatable bonds is 5. The van der Waals surface area contributed by atoms with E-state index in [-0.39, 0.29) is 28.9 Å². The van der Waals surface area contributed by atoms with E-state index in [0.717, 1.165) is 0 Å². The van der Waals surface area contributed by atoms with Crippen LogP contribution in [-0.4, -0.2) is 27.3 Å². The topological polar surface area (TPSA) is 98.4 Å². The zero-order chi connectivity index (χ0) is 13.7. The third-order valence-corrected chi connectivity index (χ3v) is 2.74. The van der Waals surface area contributed by atoms with Gasteiger partial charge in [0.1, 0.15) is 0 Å². The predicted octanol–water partition coefficient (Wildman–Crippen LogP) is 1.64. The monoisotopic (exact) mass is 311 g/mol. The summed E-state index contributed by atoms with van der Waals surface area (Å²) in [5.41, 5.74) is 0.259. The van der Waals surface area contributed by atoms with Crippen molar-refractivity contribution in [1.29, 1.82) is 5.26 Å². The van der Waals surface area contributed by atoms with Crippen LogP contribution in [0, 0.1) is 11.3 Å². The van der Waals surface area contributed by atoms with Crippen LogP contribution in [0.25, 0.3) is 0 Å². The predicted molar refractivity (Wildman–Crippen MR) is 66.5 cm³/mol. The molecule has 0 aromatic heterocycles. The molecule has 0 saturated heterocycles. The Labute approximate surface area is 112 Å². The van der Waals surface area contributed by atoms with Crippen LogP contribution >= 0.6 is 15.9 Å². The highest BCUT2D eigenvalue weighted by Gasteiger charge is 2.21. The highest BCUT2D eigenvalue weighted by molar-refractivity contribution is 9.09. The molecule has 0 radical (unpaired) electrons. The number of aliphatic hydroxyl groups is 1. The lowest BCUT2D eigenvalue weighted by molar-refractivity contribution is -0.146. The molecular formula is C12H10BrNO4. The summed E-state index contributed by atoms with van der Waals surface area (Å²) < 4.78 is 0. The van der Waals surface area contributed by atoms with Gasteiger partial charge < -0.3 is 10.2 Å². The molecule has 0 bridgehead atoms. The minimum atomic E-state index is -1.81. The quantitative estimate of drug-likeness (QED) is 0.636. The highest BCUT2D eigenvalue weighted by Crippen LogP contribution is 2.20. The van der Waals surface area contributed by atoms with E-state index in [9.17, 15) is 14.7 Å². The minimum Gasteiger partial charge on any atom is -0.479 e. The van der Waals surface area contributed by atoms with Gasteiger partial charge in [-0.15, -0.1) is 0 Å². The number of carbonyl (C=O) groups is 2. The fourth-order valence-electron chi connectivity index (χ4n) is 1.43. The molecule has 18 heavy (non-hydrogen) atoms. The van der Waals surface area contributed by atoms with Crippen LogP contribution in [0.1, 0.15) is 34.0 Å². The number of hydrogen-bond acceptors (Lipinski definition) is 4. The van der Waals surface area contributed by atoms with E-state index >= 15 is 0 Å². The molecule has 0 spiro atoms. The van der Waals surface area contributed by atoms with Crippen molar-refractivity contribution in [2.45, 2.75) is 12.5 Å². The molecule has 1 atom stereocenters. The van der Waals surface area contributed by atoms with E-state index in [1.807, 2.05) is 0 Å². The molecule has 0 aliphatic heterocycles. The lowest BCUT2D eigenvalue weighted by atomic mass is 9.97. The number of aliphatic carboxylic acids is 1. The van der Waals surface area contributed by atoms with Gasteiger partial charge in [-0.05, 0) is 12.1 Å². The minimum absolute atomic E-state index is 0.0419. The molecule has 0 amide bonds. The zero-order valence-corrected chi connectivity index (χ0v) is 10.8. The lowest BCUT2D eigenvalue weighted by Crippen LogP contribution is -2.13. The van der Waals surface area contributed by atoms with Crippen LogP contribution in [0.4, 0.5) is 0 Å². The average molecular weight is 312 g/mol. The average Bonchev–Trinajstić information content (AvgIpc) is 2.37. The van der Waals surface area contributed by atoms with E-state index in [4.69, 9.17) is 10.4 Å². The van der Waals surface area contributed by atoms with Crippen molar-refractivity contribution in [2.75, 3.05) is 5.33 Å². The molecular weight excluding hydrogens is 302 g/mol. The summed E-state index contributed by atoms with van der Waals surface area (Å²) in [6.45, 7) is 0. The van der Waals surface area contributed by atoms with Crippen molar-refractivity contribution in [2.24, 2.45) is 0 Å². The SMILES string of the molecule is N#Cc1ccc(C(=O)CCBr)cc1C(O)C(=O)O. The number of hydrogen-bond donors (Lipinski definition) is 2. The van der Waals surface area contributed by atoms with Gasteiger partial charge in [0.05, 0.1) is 11.6 Å².